The Kier molecular flexibility index (Phi) is 6.03. The smallest absolute Gasteiger partial charge is 0.405 e. The average molecular weight is 468 g/mol. The molecule has 3 aromatic rings. The van der Waals surface area contributed by atoms with Crippen molar-refractivity contribution in [1.82, 2.24) is 19.9 Å². The van der Waals surface area contributed by atoms with E-state index in [1.165, 1.54) is 12.1 Å². The lowest BCUT2D eigenvalue weighted by Crippen LogP contribution is -2.59. The number of anilines is 3. The highest BCUT2D eigenvalue weighted by atomic mass is 16.6. The number of nitrogens with zero attached hydrogens (tertiary/aromatic N) is 4. The Morgan fingerprint density at radius 2 is 1.91 bits per heavy atom. The summed E-state index contributed by atoms with van der Waals surface area (Å²) in [5.74, 6) is 0.661. The molecular weight excluding hydrogens is 438 g/mol. The molecule has 180 valence electrons. The standard InChI is InChI=1S/C23H29N7O4/c1-22(2,3)23(27-21(31)32)10-8-16(9-11-23)26-19-14-18(20-24-12-13-29(20)28-19)25-15-4-6-17(7-5-15)30(33)34/h4-7,12-14,16,25,27H,8-11H2,1-3H3,(H,26,28)(H,31,32). The van der Waals surface area contributed by atoms with Crippen LogP contribution in [0, 0.1) is 15.5 Å². The van der Waals surface area contributed by atoms with E-state index in [9.17, 15) is 20.0 Å². The Bertz CT molecular complexity index is 1190. The first-order chi connectivity index (χ1) is 16.1. The van der Waals surface area contributed by atoms with Crippen LogP contribution in [0.2, 0.25) is 0 Å². The zero-order chi connectivity index (χ0) is 24.5. The number of nitro groups is 1. The van der Waals surface area contributed by atoms with Gasteiger partial charge in [-0.2, -0.15) is 0 Å². The normalized spacial score (nSPS) is 20.6. The number of carboxylic acid groups (broad SMARTS) is 1. The van der Waals surface area contributed by atoms with Gasteiger partial charge in [0.05, 0.1) is 10.6 Å². The molecule has 1 fully saturated rings. The fourth-order valence-electron chi connectivity index (χ4n) is 4.63. The van der Waals surface area contributed by atoms with E-state index in [1.54, 1.807) is 29.0 Å². The minimum atomic E-state index is -0.990. The highest BCUT2D eigenvalue weighted by molar-refractivity contribution is 5.76. The largest absolute Gasteiger partial charge is 0.465 e. The number of benzene rings is 1. The number of amides is 1. The van der Waals surface area contributed by atoms with Crippen LogP contribution in [0.25, 0.3) is 5.65 Å². The van der Waals surface area contributed by atoms with Gasteiger partial charge in [0.15, 0.2) is 5.65 Å². The predicted octanol–water partition coefficient (Wildman–Crippen LogP) is 4.79. The van der Waals surface area contributed by atoms with Gasteiger partial charge in [0.1, 0.15) is 5.82 Å². The summed E-state index contributed by atoms with van der Waals surface area (Å²) in [4.78, 5) is 26.3. The van der Waals surface area contributed by atoms with E-state index >= 15 is 0 Å². The minimum absolute atomic E-state index is 0.0228. The first-order valence-corrected chi connectivity index (χ1v) is 11.2. The number of aromatic nitrogens is 3. The number of fused-ring (bicyclic) bond motifs is 1. The van der Waals surface area contributed by atoms with Crippen molar-refractivity contribution in [2.45, 2.75) is 58.0 Å². The molecule has 0 radical (unpaired) electrons. The van der Waals surface area contributed by atoms with Crippen LogP contribution in [0.3, 0.4) is 0 Å². The third kappa shape index (κ3) is 4.73. The molecule has 0 saturated heterocycles. The van der Waals surface area contributed by atoms with Crippen LogP contribution < -0.4 is 16.0 Å². The molecule has 11 nitrogen and oxygen atoms in total. The summed E-state index contributed by atoms with van der Waals surface area (Å²) in [6.07, 6.45) is 5.46. The zero-order valence-corrected chi connectivity index (χ0v) is 19.4. The fourth-order valence-corrected chi connectivity index (χ4v) is 4.63. The summed E-state index contributed by atoms with van der Waals surface area (Å²) in [6.45, 7) is 6.21. The SMILES string of the molecule is CC(C)(C)C1(NC(=O)O)CCC(Nc2cc(Nc3ccc([N+](=O)[O-])cc3)c3nccn3n2)CC1. The Morgan fingerprint density at radius 3 is 2.50 bits per heavy atom. The molecule has 2 aromatic heterocycles. The molecule has 4 N–H and O–H groups in total. The second-order valence-corrected chi connectivity index (χ2v) is 9.75. The quantitative estimate of drug-likeness (QED) is 0.299. The summed E-state index contributed by atoms with van der Waals surface area (Å²) in [5.41, 5.74) is 1.39. The number of rotatable bonds is 6. The first kappa shape index (κ1) is 23.3. The number of carbonyl (C=O) groups is 1. The van der Waals surface area contributed by atoms with Crippen molar-refractivity contribution in [2.75, 3.05) is 10.6 Å². The van der Waals surface area contributed by atoms with Gasteiger partial charge in [0.2, 0.25) is 0 Å². The second kappa shape index (κ2) is 8.81. The molecular formula is C23H29N7O4. The molecule has 34 heavy (non-hydrogen) atoms. The van der Waals surface area contributed by atoms with Gasteiger partial charge in [-0.15, -0.1) is 5.10 Å². The molecule has 1 aliphatic carbocycles. The maximum absolute atomic E-state index is 11.4. The van der Waals surface area contributed by atoms with Gasteiger partial charge in [0.25, 0.3) is 5.69 Å². The molecule has 0 spiro atoms. The Balaban J connectivity index is 1.51. The molecule has 0 atom stereocenters. The molecule has 1 aromatic carbocycles. The lowest BCUT2D eigenvalue weighted by molar-refractivity contribution is -0.384. The van der Waals surface area contributed by atoms with Crippen molar-refractivity contribution in [3.05, 3.63) is 52.8 Å². The van der Waals surface area contributed by atoms with Crippen molar-refractivity contribution in [2.24, 2.45) is 5.41 Å². The molecule has 2 heterocycles. The number of nitro benzene ring substituents is 1. The third-order valence-electron chi connectivity index (χ3n) is 6.69. The molecule has 0 aliphatic heterocycles. The molecule has 1 saturated carbocycles. The lowest BCUT2D eigenvalue weighted by Gasteiger charge is -2.49. The monoisotopic (exact) mass is 467 g/mol. The van der Waals surface area contributed by atoms with Crippen molar-refractivity contribution in [1.29, 1.82) is 0 Å². The van der Waals surface area contributed by atoms with Crippen molar-refractivity contribution < 1.29 is 14.8 Å². The van der Waals surface area contributed by atoms with E-state index in [4.69, 9.17) is 0 Å². The molecule has 1 amide bonds. The minimum Gasteiger partial charge on any atom is -0.465 e. The van der Waals surface area contributed by atoms with E-state index in [0.29, 0.717) is 22.8 Å². The summed E-state index contributed by atoms with van der Waals surface area (Å²) < 4.78 is 1.67. The van der Waals surface area contributed by atoms with Gasteiger partial charge in [-0.3, -0.25) is 10.1 Å². The van der Waals surface area contributed by atoms with Gasteiger partial charge in [-0.25, -0.2) is 14.3 Å². The number of non-ortho nitro benzene ring substituents is 1. The van der Waals surface area contributed by atoms with E-state index < -0.39 is 16.6 Å². The van der Waals surface area contributed by atoms with Crippen molar-refractivity contribution in [3.8, 4) is 0 Å². The van der Waals surface area contributed by atoms with E-state index in [1.807, 2.05) is 6.07 Å². The van der Waals surface area contributed by atoms with Crippen LogP contribution in [0.15, 0.2) is 42.7 Å². The molecule has 1 aliphatic rings. The Hall–Kier alpha value is -3.89. The molecule has 11 heteroatoms. The first-order valence-electron chi connectivity index (χ1n) is 11.2. The van der Waals surface area contributed by atoms with Crippen LogP contribution in [-0.4, -0.2) is 42.3 Å². The van der Waals surface area contributed by atoms with Crippen LogP contribution in [-0.2, 0) is 0 Å². The van der Waals surface area contributed by atoms with Crippen LogP contribution in [0.5, 0.6) is 0 Å². The van der Waals surface area contributed by atoms with Gasteiger partial charge < -0.3 is 21.1 Å². The average Bonchev–Trinajstić information content (AvgIpc) is 3.23. The second-order valence-electron chi connectivity index (χ2n) is 9.75. The van der Waals surface area contributed by atoms with Gasteiger partial charge in [-0.1, -0.05) is 20.8 Å². The van der Waals surface area contributed by atoms with Gasteiger partial charge >= 0.3 is 6.09 Å². The summed E-state index contributed by atoms with van der Waals surface area (Å²) in [6, 6.07) is 8.19. The molecule has 4 rings (SSSR count). The topological polar surface area (TPSA) is 147 Å². The van der Waals surface area contributed by atoms with E-state index in [0.717, 1.165) is 25.7 Å². The molecule has 0 bridgehead atoms. The summed E-state index contributed by atoms with van der Waals surface area (Å²) in [5, 5.41) is 34.5. The number of imidazole rings is 1. The number of hydrogen-bond donors (Lipinski definition) is 4. The van der Waals surface area contributed by atoms with Crippen molar-refractivity contribution >= 4 is 34.6 Å². The van der Waals surface area contributed by atoms with Crippen molar-refractivity contribution in [3.63, 3.8) is 0 Å². The van der Waals surface area contributed by atoms with Crippen LogP contribution in [0.4, 0.5) is 27.7 Å². The fraction of sp³-hybridized carbons (Fsp3) is 0.435. The van der Waals surface area contributed by atoms with Crippen LogP contribution >= 0.6 is 0 Å². The Labute approximate surface area is 196 Å². The lowest BCUT2D eigenvalue weighted by atomic mass is 9.64. The maximum Gasteiger partial charge on any atom is 0.405 e. The van der Waals surface area contributed by atoms with Gasteiger partial charge in [0, 0.05) is 47.9 Å². The Morgan fingerprint density at radius 1 is 1.24 bits per heavy atom. The highest BCUT2D eigenvalue weighted by Gasteiger charge is 2.45. The van der Waals surface area contributed by atoms with E-state index in [2.05, 4.69) is 46.8 Å². The predicted molar refractivity (Wildman–Crippen MR) is 129 cm³/mol. The van der Waals surface area contributed by atoms with E-state index in [-0.39, 0.29) is 17.1 Å². The number of hydrogen-bond acceptors (Lipinski definition) is 7. The zero-order valence-electron chi connectivity index (χ0n) is 19.4. The highest BCUT2D eigenvalue weighted by Crippen LogP contribution is 2.42. The third-order valence-corrected chi connectivity index (χ3v) is 6.69. The number of nitrogens with one attached hydrogen (secondary N) is 3. The summed E-state index contributed by atoms with van der Waals surface area (Å²) in [7, 11) is 0. The summed E-state index contributed by atoms with van der Waals surface area (Å²) >= 11 is 0. The van der Waals surface area contributed by atoms with Gasteiger partial charge in [-0.05, 0) is 43.2 Å². The maximum atomic E-state index is 11.4. The molecule has 0 unspecified atom stereocenters. The van der Waals surface area contributed by atoms with Crippen LogP contribution in [0.1, 0.15) is 46.5 Å².